The third kappa shape index (κ3) is 6.25. The number of methoxy groups -OCH3 is 1. The molecule has 0 unspecified atom stereocenters. The molecule has 3 N–H and O–H groups in total. The number of esters is 1. The summed E-state index contributed by atoms with van der Waals surface area (Å²) >= 11 is 6.80. The number of thiophene rings is 1. The Kier molecular flexibility index (Phi) is 8.98. The Hall–Kier alpha value is -3.26. The molecule has 3 rings (SSSR count). The molecule has 1 amide bonds. The van der Waals surface area contributed by atoms with Gasteiger partial charge in [0.1, 0.15) is 17.2 Å². The molecule has 1 atom stereocenters. The first kappa shape index (κ1) is 26.3. The smallest absolute Gasteiger partial charge is 0.350 e. The van der Waals surface area contributed by atoms with Gasteiger partial charge in [-0.3, -0.25) is 25.8 Å². The number of carbonyl (C=O) groups excluding carboxylic acids is 2. The second-order valence-electron chi connectivity index (χ2n) is 7.85. The molecule has 12 nitrogen and oxygen atoms in total. The number of fused-ring (bicyclic) bond motifs is 1. The zero-order valence-corrected chi connectivity index (χ0v) is 21.3. The second kappa shape index (κ2) is 11.9. The van der Waals surface area contributed by atoms with Gasteiger partial charge in [0.15, 0.2) is 5.11 Å². The van der Waals surface area contributed by atoms with Crippen molar-refractivity contribution in [2.45, 2.75) is 58.4 Å². The molecule has 0 saturated heterocycles. The number of rotatable bonds is 7. The number of hydrazine groups is 1. The van der Waals surface area contributed by atoms with E-state index in [0.29, 0.717) is 10.6 Å². The number of anilines is 1. The van der Waals surface area contributed by atoms with Crippen molar-refractivity contribution in [3.05, 3.63) is 32.3 Å². The molecule has 1 aliphatic carbocycles. The number of ether oxygens (including phenoxy) is 2. The van der Waals surface area contributed by atoms with Crippen LogP contribution in [0.15, 0.2) is 6.20 Å². The van der Waals surface area contributed by atoms with Crippen LogP contribution in [0.1, 0.15) is 66.4 Å². The van der Waals surface area contributed by atoms with Crippen molar-refractivity contribution in [1.29, 1.82) is 0 Å². The zero-order chi connectivity index (χ0) is 25.5. The molecule has 2 heterocycles. The minimum atomic E-state index is -0.899. The third-order valence-electron chi connectivity index (χ3n) is 5.52. The summed E-state index contributed by atoms with van der Waals surface area (Å²) in [5.41, 5.74) is 6.22. The topological polar surface area (TPSA) is 150 Å². The first-order valence-electron chi connectivity index (χ1n) is 11.2. The summed E-state index contributed by atoms with van der Waals surface area (Å²) in [5, 5.41) is 18.7. The number of hydrogen-bond donors (Lipinski definition) is 3. The van der Waals surface area contributed by atoms with Gasteiger partial charge in [-0.25, -0.2) is 9.48 Å². The van der Waals surface area contributed by atoms with Gasteiger partial charge < -0.3 is 14.8 Å². The van der Waals surface area contributed by atoms with E-state index in [0.717, 1.165) is 59.8 Å². The molecule has 0 aromatic carbocycles. The van der Waals surface area contributed by atoms with E-state index in [1.807, 2.05) is 0 Å². The minimum absolute atomic E-state index is 0.0781. The lowest BCUT2D eigenvalue weighted by Crippen LogP contribution is -2.46. The average molecular weight is 525 g/mol. The van der Waals surface area contributed by atoms with Gasteiger partial charge in [-0.15, -0.1) is 16.4 Å². The Balaban J connectivity index is 1.69. The van der Waals surface area contributed by atoms with Crippen LogP contribution in [0.5, 0.6) is 5.88 Å². The van der Waals surface area contributed by atoms with Crippen LogP contribution in [-0.2, 0) is 22.4 Å². The summed E-state index contributed by atoms with van der Waals surface area (Å²) in [7, 11) is 1.26. The number of amides is 1. The number of nitrogens with zero attached hydrogens (tertiary/aromatic N) is 3. The normalized spacial score (nSPS) is 14.0. The number of aromatic nitrogens is 2. The van der Waals surface area contributed by atoms with Gasteiger partial charge in [0, 0.05) is 4.88 Å². The molecule has 2 aromatic heterocycles. The van der Waals surface area contributed by atoms with Crippen molar-refractivity contribution in [3.63, 3.8) is 0 Å². The molecule has 0 bridgehead atoms. The lowest BCUT2D eigenvalue weighted by atomic mass is 9.96. The SMILES string of the molecule is CCOC(=O)c1c(NC(=S)NNC(=O)[C@H](C)n2cc([N+](=O)[O-])c(OC)n2)sc2c1CCCCCC2. The number of thiocarbonyl (C=S) groups is 1. The highest BCUT2D eigenvalue weighted by molar-refractivity contribution is 7.80. The first-order valence-corrected chi connectivity index (χ1v) is 12.4. The van der Waals surface area contributed by atoms with E-state index in [9.17, 15) is 19.7 Å². The Labute approximate surface area is 211 Å². The van der Waals surface area contributed by atoms with E-state index in [1.54, 1.807) is 6.92 Å². The summed E-state index contributed by atoms with van der Waals surface area (Å²) < 4.78 is 11.3. The highest BCUT2D eigenvalue weighted by atomic mass is 32.1. The maximum absolute atomic E-state index is 12.7. The Morgan fingerprint density at radius 2 is 2.00 bits per heavy atom. The van der Waals surface area contributed by atoms with Crippen LogP contribution >= 0.6 is 23.6 Å². The largest absolute Gasteiger partial charge is 0.475 e. The monoisotopic (exact) mass is 524 g/mol. The van der Waals surface area contributed by atoms with Crippen molar-refractivity contribution in [2.24, 2.45) is 0 Å². The summed E-state index contributed by atoms with van der Waals surface area (Å²) in [4.78, 5) is 36.9. The maximum atomic E-state index is 12.7. The van der Waals surface area contributed by atoms with Crippen molar-refractivity contribution < 1.29 is 24.0 Å². The molecule has 0 radical (unpaired) electrons. The van der Waals surface area contributed by atoms with E-state index < -0.39 is 22.8 Å². The number of aryl methyl sites for hydroxylation is 1. The fourth-order valence-electron chi connectivity index (χ4n) is 3.74. The number of nitrogens with one attached hydrogen (secondary N) is 3. The van der Waals surface area contributed by atoms with Gasteiger partial charge >= 0.3 is 17.5 Å². The lowest BCUT2D eigenvalue weighted by Gasteiger charge is -2.15. The summed E-state index contributed by atoms with van der Waals surface area (Å²) in [5.74, 6) is -1.14. The Morgan fingerprint density at radius 1 is 1.29 bits per heavy atom. The van der Waals surface area contributed by atoms with Crippen LogP contribution in [0.4, 0.5) is 10.7 Å². The third-order valence-corrected chi connectivity index (χ3v) is 6.93. The Morgan fingerprint density at radius 3 is 2.63 bits per heavy atom. The highest BCUT2D eigenvalue weighted by Gasteiger charge is 2.27. The van der Waals surface area contributed by atoms with Gasteiger partial charge in [-0.1, -0.05) is 12.8 Å². The second-order valence-corrected chi connectivity index (χ2v) is 9.36. The number of hydrogen-bond acceptors (Lipinski definition) is 9. The van der Waals surface area contributed by atoms with Crippen LogP contribution < -0.4 is 20.9 Å². The molecule has 2 aromatic rings. The molecule has 190 valence electrons. The minimum Gasteiger partial charge on any atom is -0.475 e. The average Bonchev–Trinajstić information content (AvgIpc) is 3.38. The summed E-state index contributed by atoms with van der Waals surface area (Å²) in [6.45, 7) is 3.53. The van der Waals surface area contributed by atoms with Crippen LogP contribution in [0, 0.1) is 10.1 Å². The van der Waals surface area contributed by atoms with Crippen LogP contribution in [-0.4, -0.2) is 45.4 Å². The fourth-order valence-corrected chi connectivity index (χ4v) is 5.24. The maximum Gasteiger partial charge on any atom is 0.350 e. The first-order chi connectivity index (χ1) is 16.8. The molecule has 0 fully saturated rings. The summed E-state index contributed by atoms with van der Waals surface area (Å²) in [6, 6.07) is -0.899. The lowest BCUT2D eigenvalue weighted by molar-refractivity contribution is -0.385. The van der Waals surface area contributed by atoms with Crippen LogP contribution in [0.3, 0.4) is 0 Å². The molecule has 14 heteroatoms. The van der Waals surface area contributed by atoms with Crippen LogP contribution in [0.25, 0.3) is 0 Å². The molecule has 1 aliphatic rings. The van der Waals surface area contributed by atoms with Gasteiger partial charge in [-0.2, -0.15) is 0 Å². The molecular formula is C21H28N6O6S2. The van der Waals surface area contributed by atoms with Crippen molar-refractivity contribution in [3.8, 4) is 5.88 Å². The quantitative estimate of drug-likeness (QED) is 0.213. The van der Waals surface area contributed by atoms with Gasteiger partial charge in [0.2, 0.25) is 0 Å². The van der Waals surface area contributed by atoms with Gasteiger partial charge in [0.25, 0.3) is 5.91 Å². The molecule has 0 spiro atoms. The van der Waals surface area contributed by atoms with E-state index in [-0.39, 0.29) is 23.3 Å². The molecule has 35 heavy (non-hydrogen) atoms. The van der Waals surface area contributed by atoms with E-state index in [1.165, 1.54) is 25.4 Å². The number of nitro groups is 1. The predicted molar refractivity (Wildman–Crippen MR) is 134 cm³/mol. The zero-order valence-electron chi connectivity index (χ0n) is 19.7. The van der Waals surface area contributed by atoms with Crippen molar-refractivity contribution in [1.82, 2.24) is 20.6 Å². The standard InChI is InChI=1S/C21H28N6O6S2/c1-4-33-20(29)16-13-9-7-5-6-8-10-15(13)35-19(16)22-21(34)24-23-17(28)12(2)26-11-14(27(30)31)18(25-26)32-3/h11-12H,4-10H2,1-3H3,(H,23,28)(H2,22,24,34)/t12-/m0/s1. The number of carbonyl (C=O) groups is 2. The molecule has 0 aliphatic heterocycles. The molecular weight excluding hydrogens is 496 g/mol. The highest BCUT2D eigenvalue weighted by Crippen LogP contribution is 2.37. The van der Waals surface area contributed by atoms with Gasteiger partial charge in [-0.05, 0) is 57.3 Å². The van der Waals surface area contributed by atoms with E-state index >= 15 is 0 Å². The fraction of sp³-hybridized carbons (Fsp3) is 0.524. The predicted octanol–water partition coefficient (Wildman–Crippen LogP) is 3.28. The van der Waals surface area contributed by atoms with Gasteiger partial charge in [0.05, 0.1) is 24.2 Å². The van der Waals surface area contributed by atoms with E-state index in [4.69, 9.17) is 21.7 Å². The molecule has 0 saturated carbocycles. The van der Waals surface area contributed by atoms with Crippen LogP contribution in [0.2, 0.25) is 0 Å². The van der Waals surface area contributed by atoms with E-state index in [2.05, 4.69) is 21.3 Å². The van der Waals surface area contributed by atoms with Crippen molar-refractivity contribution >= 4 is 51.2 Å². The van der Waals surface area contributed by atoms with Crippen molar-refractivity contribution in [2.75, 3.05) is 19.0 Å². The summed E-state index contributed by atoms with van der Waals surface area (Å²) in [6.07, 6.45) is 7.15. The Bertz CT molecular complexity index is 1110.